The molecule has 0 amide bonds. The Bertz CT molecular complexity index is 354. The van der Waals surface area contributed by atoms with E-state index in [2.05, 4.69) is 34.3 Å². The highest BCUT2D eigenvalue weighted by Gasteiger charge is 2.17. The van der Waals surface area contributed by atoms with Gasteiger partial charge in [0.2, 0.25) is 0 Å². The molecule has 1 N–H and O–H groups in total. The third kappa shape index (κ3) is 3.76. The zero-order chi connectivity index (χ0) is 12.8. The predicted molar refractivity (Wildman–Crippen MR) is 69.3 cm³/mol. The Kier molecular flexibility index (Phi) is 5.10. The highest BCUT2D eigenvalue weighted by Crippen LogP contribution is 2.02. The van der Waals surface area contributed by atoms with Gasteiger partial charge in [-0.15, -0.1) is 0 Å². The van der Waals surface area contributed by atoms with Gasteiger partial charge >= 0.3 is 0 Å². The van der Waals surface area contributed by atoms with Gasteiger partial charge < -0.3 is 15.0 Å². The van der Waals surface area contributed by atoms with Gasteiger partial charge in [-0.05, 0) is 13.5 Å². The van der Waals surface area contributed by atoms with Crippen molar-refractivity contribution in [2.75, 3.05) is 33.3 Å². The van der Waals surface area contributed by atoms with Gasteiger partial charge in [-0.3, -0.25) is 0 Å². The van der Waals surface area contributed by atoms with Crippen molar-refractivity contribution in [2.24, 2.45) is 0 Å². The maximum atomic E-state index is 5.70. The maximum absolute atomic E-state index is 5.70. The van der Waals surface area contributed by atoms with Crippen LogP contribution in [-0.2, 0) is 17.8 Å². The summed E-state index contributed by atoms with van der Waals surface area (Å²) in [5.74, 6) is 1.00. The molecule has 1 aliphatic heterocycles. The molecule has 6 heteroatoms. The lowest BCUT2D eigenvalue weighted by molar-refractivity contribution is -0.0183. The molecule has 0 bridgehead atoms. The third-order valence-corrected chi connectivity index (χ3v) is 3.13. The van der Waals surface area contributed by atoms with Crippen LogP contribution in [-0.4, -0.2) is 59.1 Å². The molecule has 0 radical (unpaired) electrons. The van der Waals surface area contributed by atoms with Gasteiger partial charge in [-0.2, -0.15) is 5.10 Å². The van der Waals surface area contributed by atoms with E-state index in [4.69, 9.17) is 4.74 Å². The monoisotopic (exact) mass is 253 g/mol. The maximum Gasteiger partial charge on any atom is 0.140 e. The Balaban J connectivity index is 1.72. The number of aryl methyl sites for hydroxylation is 1. The van der Waals surface area contributed by atoms with Crippen LogP contribution in [0.4, 0.5) is 0 Å². The first kappa shape index (κ1) is 13.5. The van der Waals surface area contributed by atoms with E-state index in [1.54, 1.807) is 6.33 Å². The number of morpholine rings is 1. The second kappa shape index (κ2) is 6.82. The molecule has 102 valence electrons. The molecule has 0 aromatic carbocycles. The number of ether oxygens (including phenoxy) is 1. The van der Waals surface area contributed by atoms with E-state index < -0.39 is 0 Å². The number of hydrogen-bond acceptors (Lipinski definition) is 5. The van der Waals surface area contributed by atoms with Gasteiger partial charge in [-0.1, -0.05) is 6.92 Å². The van der Waals surface area contributed by atoms with E-state index >= 15 is 0 Å². The van der Waals surface area contributed by atoms with Crippen molar-refractivity contribution in [2.45, 2.75) is 32.5 Å². The minimum Gasteiger partial charge on any atom is -0.374 e. The van der Waals surface area contributed by atoms with Crippen molar-refractivity contribution in [3.05, 3.63) is 12.2 Å². The van der Waals surface area contributed by atoms with Crippen molar-refractivity contribution >= 4 is 0 Å². The molecule has 0 saturated carbocycles. The zero-order valence-corrected chi connectivity index (χ0v) is 11.3. The molecule has 1 aliphatic rings. The molecular formula is C12H23N5O. The smallest absolute Gasteiger partial charge is 0.140 e. The van der Waals surface area contributed by atoms with Crippen molar-refractivity contribution in [1.29, 1.82) is 0 Å². The summed E-state index contributed by atoms with van der Waals surface area (Å²) in [5.41, 5.74) is 0. The van der Waals surface area contributed by atoms with Crippen LogP contribution in [0.2, 0.25) is 0 Å². The number of hydrogen-bond donors (Lipinski definition) is 1. The molecular weight excluding hydrogens is 230 g/mol. The van der Waals surface area contributed by atoms with Crippen LogP contribution in [0.5, 0.6) is 0 Å². The second-order valence-corrected chi connectivity index (χ2v) is 4.79. The molecule has 1 saturated heterocycles. The van der Waals surface area contributed by atoms with Crippen molar-refractivity contribution in [1.82, 2.24) is 25.0 Å². The highest BCUT2D eigenvalue weighted by atomic mass is 16.5. The Morgan fingerprint density at radius 3 is 3.22 bits per heavy atom. The Morgan fingerprint density at radius 1 is 1.56 bits per heavy atom. The summed E-state index contributed by atoms with van der Waals surface area (Å²) in [6, 6.07) is 0. The van der Waals surface area contributed by atoms with Gasteiger partial charge in [0.1, 0.15) is 12.2 Å². The zero-order valence-electron chi connectivity index (χ0n) is 11.3. The van der Waals surface area contributed by atoms with E-state index in [9.17, 15) is 0 Å². The van der Waals surface area contributed by atoms with Crippen LogP contribution in [0, 0.1) is 0 Å². The van der Waals surface area contributed by atoms with Crippen molar-refractivity contribution < 1.29 is 4.74 Å². The van der Waals surface area contributed by atoms with Crippen LogP contribution < -0.4 is 5.32 Å². The summed E-state index contributed by atoms with van der Waals surface area (Å²) < 4.78 is 7.66. The highest BCUT2D eigenvalue weighted by molar-refractivity contribution is 4.84. The van der Waals surface area contributed by atoms with Gasteiger partial charge in [0.15, 0.2) is 0 Å². The molecule has 1 unspecified atom stereocenters. The first-order valence-corrected chi connectivity index (χ1v) is 6.67. The average Bonchev–Trinajstić information content (AvgIpc) is 2.78. The Morgan fingerprint density at radius 2 is 2.44 bits per heavy atom. The molecule has 2 heterocycles. The Hall–Kier alpha value is -0.980. The molecule has 0 aliphatic carbocycles. The van der Waals surface area contributed by atoms with Crippen LogP contribution in [0.15, 0.2) is 6.33 Å². The lowest BCUT2D eigenvalue weighted by Gasteiger charge is -2.30. The number of nitrogens with zero attached hydrogens (tertiary/aromatic N) is 4. The van der Waals surface area contributed by atoms with Crippen LogP contribution in [0.1, 0.15) is 19.2 Å². The van der Waals surface area contributed by atoms with Crippen LogP contribution >= 0.6 is 0 Å². The SMILES string of the molecule is CCCn1ncnc1CNCC1CN(C)CCO1. The fraction of sp³-hybridized carbons (Fsp3) is 0.833. The molecule has 1 aromatic heterocycles. The standard InChI is InChI=1S/C12H23N5O/c1-3-4-17-12(14-10-15-17)8-13-7-11-9-16(2)5-6-18-11/h10-11,13H,3-9H2,1-2H3. The average molecular weight is 253 g/mol. The summed E-state index contributed by atoms with van der Waals surface area (Å²) in [5, 5.41) is 7.61. The molecule has 0 spiro atoms. The van der Waals surface area contributed by atoms with E-state index in [0.29, 0.717) is 0 Å². The van der Waals surface area contributed by atoms with Gasteiger partial charge in [-0.25, -0.2) is 9.67 Å². The summed E-state index contributed by atoms with van der Waals surface area (Å²) in [4.78, 5) is 6.57. The van der Waals surface area contributed by atoms with E-state index in [1.165, 1.54) is 0 Å². The molecule has 6 nitrogen and oxygen atoms in total. The third-order valence-electron chi connectivity index (χ3n) is 3.13. The van der Waals surface area contributed by atoms with Gasteiger partial charge in [0.05, 0.1) is 19.3 Å². The minimum atomic E-state index is 0.284. The van der Waals surface area contributed by atoms with E-state index in [1.807, 2.05) is 4.68 Å². The molecule has 1 fully saturated rings. The number of nitrogens with one attached hydrogen (secondary N) is 1. The fourth-order valence-corrected chi connectivity index (χ4v) is 2.16. The minimum absolute atomic E-state index is 0.284. The normalized spacial score (nSPS) is 21.3. The second-order valence-electron chi connectivity index (χ2n) is 4.79. The van der Waals surface area contributed by atoms with Crippen molar-refractivity contribution in [3.63, 3.8) is 0 Å². The molecule has 1 atom stereocenters. The van der Waals surface area contributed by atoms with Gasteiger partial charge in [0, 0.05) is 26.2 Å². The topological polar surface area (TPSA) is 55.2 Å². The summed E-state index contributed by atoms with van der Waals surface area (Å²) >= 11 is 0. The van der Waals surface area contributed by atoms with Gasteiger partial charge in [0.25, 0.3) is 0 Å². The largest absolute Gasteiger partial charge is 0.374 e. The number of rotatable bonds is 6. The van der Waals surface area contributed by atoms with Crippen molar-refractivity contribution in [3.8, 4) is 0 Å². The van der Waals surface area contributed by atoms with E-state index in [0.717, 1.165) is 51.6 Å². The fourth-order valence-electron chi connectivity index (χ4n) is 2.16. The number of aromatic nitrogens is 3. The summed E-state index contributed by atoms with van der Waals surface area (Å²) in [7, 11) is 2.13. The first-order valence-electron chi connectivity index (χ1n) is 6.67. The van der Waals surface area contributed by atoms with Crippen LogP contribution in [0.3, 0.4) is 0 Å². The first-order chi connectivity index (χ1) is 8.79. The quantitative estimate of drug-likeness (QED) is 0.780. The molecule has 18 heavy (non-hydrogen) atoms. The molecule has 1 aromatic rings. The Labute approximate surface area is 108 Å². The summed E-state index contributed by atoms with van der Waals surface area (Å²) in [6.45, 7) is 7.54. The lowest BCUT2D eigenvalue weighted by Crippen LogP contribution is -2.44. The van der Waals surface area contributed by atoms with Crippen LogP contribution in [0.25, 0.3) is 0 Å². The van der Waals surface area contributed by atoms with E-state index in [-0.39, 0.29) is 6.10 Å². The lowest BCUT2D eigenvalue weighted by atomic mass is 10.3. The predicted octanol–water partition coefficient (Wildman–Crippen LogP) is 0.108. The molecule has 2 rings (SSSR count). The summed E-state index contributed by atoms with van der Waals surface area (Å²) in [6.07, 6.45) is 2.98. The number of likely N-dealkylation sites (N-methyl/N-ethyl adjacent to an activating group) is 1.